The van der Waals surface area contributed by atoms with Gasteiger partial charge in [0.2, 0.25) is 0 Å². The average molecular weight is 325 g/mol. The van der Waals surface area contributed by atoms with Crippen LogP contribution in [0.25, 0.3) is 0 Å². The summed E-state index contributed by atoms with van der Waals surface area (Å²) in [7, 11) is -4.07. The number of thiophene rings is 1. The number of pyridine rings is 1. The highest BCUT2D eigenvalue weighted by Crippen LogP contribution is 2.21. The zero-order valence-corrected chi connectivity index (χ0v) is 12.5. The number of aryl methyl sites for hydroxylation is 1. The van der Waals surface area contributed by atoms with Crippen molar-refractivity contribution in [2.75, 3.05) is 0 Å². The Hall–Kier alpha value is -2.26. The fourth-order valence-corrected chi connectivity index (χ4v) is 3.65. The standard InChI is InChI=1S/C12H11N3O4S2/c1-7-3-2-6-14-10(7)12(17)15-21(18,19)9-5-4-8(20-9)11(13)16/h2-6H,1H3,(H2,13,16)(H,15,17). The highest BCUT2D eigenvalue weighted by Gasteiger charge is 2.23. The van der Waals surface area contributed by atoms with Crippen molar-refractivity contribution in [2.24, 2.45) is 5.73 Å². The van der Waals surface area contributed by atoms with E-state index in [2.05, 4.69) is 4.98 Å². The van der Waals surface area contributed by atoms with Gasteiger partial charge in [-0.1, -0.05) is 6.07 Å². The zero-order chi connectivity index (χ0) is 15.6. The summed E-state index contributed by atoms with van der Waals surface area (Å²) in [5.41, 5.74) is 5.63. The third kappa shape index (κ3) is 3.26. The van der Waals surface area contributed by atoms with E-state index in [0.29, 0.717) is 16.9 Å². The van der Waals surface area contributed by atoms with Crippen LogP contribution in [0.4, 0.5) is 0 Å². The fourth-order valence-electron chi connectivity index (χ4n) is 1.54. The number of carbonyl (C=O) groups is 2. The normalized spacial score (nSPS) is 11.1. The molecule has 0 fully saturated rings. The van der Waals surface area contributed by atoms with Gasteiger partial charge in [-0.3, -0.25) is 14.6 Å². The number of carbonyl (C=O) groups excluding carboxylic acids is 2. The lowest BCUT2D eigenvalue weighted by atomic mass is 10.2. The fraction of sp³-hybridized carbons (Fsp3) is 0.0833. The molecule has 0 aromatic carbocycles. The molecule has 21 heavy (non-hydrogen) atoms. The third-order valence-electron chi connectivity index (χ3n) is 2.54. The highest BCUT2D eigenvalue weighted by atomic mass is 32.2. The molecule has 0 aliphatic rings. The number of nitrogens with one attached hydrogen (secondary N) is 1. The number of sulfonamides is 1. The van der Waals surface area contributed by atoms with Gasteiger partial charge < -0.3 is 5.73 Å². The molecule has 0 aliphatic carbocycles. The topological polar surface area (TPSA) is 119 Å². The van der Waals surface area contributed by atoms with E-state index in [9.17, 15) is 18.0 Å². The smallest absolute Gasteiger partial charge is 0.283 e. The van der Waals surface area contributed by atoms with Crippen molar-refractivity contribution in [3.8, 4) is 0 Å². The summed E-state index contributed by atoms with van der Waals surface area (Å²) in [5.74, 6) is -1.56. The maximum absolute atomic E-state index is 12.1. The van der Waals surface area contributed by atoms with E-state index in [1.54, 1.807) is 19.1 Å². The van der Waals surface area contributed by atoms with Gasteiger partial charge in [-0.15, -0.1) is 11.3 Å². The number of hydrogen-bond acceptors (Lipinski definition) is 6. The van der Waals surface area contributed by atoms with Gasteiger partial charge in [-0.25, -0.2) is 13.1 Å². The van der Waals surface area contributed by atoms with Crippen LogP contribution < -0.4 is 10.5 Å². The van der Waals surface area contributed by atoms with Crippen molar-refractivity contribution in [3.05, 3.63) is 46.6 Å². The molecule has 9 heteroatoms. The third-order valence-corrected chi connectivity index (χ3v) is 5.46. The lowest BCUT2D eigenvalue weighted by Crippen LogP contribution is -2.31. The quantitative estimate of drug-likeness (QED) is 0.856. The van der Waals surface area contributed by atoms with Crippen LogP contribution in [0.3, 0.4) is 0 Å². The average Bonchev–Trinajstić information content (AvgIpc) is 2.89. The van der Waals surface area contributed by atoms with E-state index >= 15 is 0 Å². The molecule has 0 atom stereocenters. The molecule has 2 amide bonds. The summed E-state index contributed by atoms with van der Waals surface area (Å²) in [6.45, 7) is 1.64. The minimum atomic E-state index is -4.07. The van der Waals surface area contributed by atoms with E-state index in [1.165, 1.54) is 18.3 Å². The molecule has 0 saturated heterocycles. The molecular formula is C12H11N3O4S2. The molecule has 0 spiro atoms. The Morgan fingerprint density at radius 2 is 2.00 bits per heavy atom. The molecule has 7 nitrogen and oxygen atoms in total. The van der Waals surface area contributed by atoms with E-state index in [0.717, 1.165) is 0 Å². The first-order valence-electron chi connectivity index (χ1n) is 5.69. The van der Waals surface area contributed by atoms with Gasteiger partial charge >= 0.3 is 0 Å². The SMILES string of the molecule is Cc1cccnc1C(=O)NS(=O)(=O)c1ccc(C(N)=O)s1. The predicted octanol–water partition coefficient (Wildman–Crippen LogP) is 0.669. The first-order valence-corrected chi connectivity index (χ1v) is 7.99. The Bertz CT molecular complexity index is 811. The molecule has 0 radical (unpaired) electrons. The molecule has 0 unspecified atom stereocenters. The number of rotatable bonds is 4. The number of aromatic nitrogens is 1. The summed E-state index contributed by atoms with van der Waals surface area (Å²) in [6.07, 6.45) is 1.39. The van der Waals surface area contributed by atoms with Crippen LogP contribution >= 0.6 is 11.3 Å². The number of nitrogens with two attached hydrogens (primary N) is 1. The van der Waals surface area contributed by atoms with Crippen LogP contribution in [-0.2, 0) is 10.0 Å². The Morgan fingerprint density at radius 1 is 1.29 bits per heavy atom. The van der Waals surface area contributed by atoms with Crippen LogP contribution in [0.15, 0.2) is 34.7 Å². The summed E-state index contributed by atoms with van der Waals surface area (Å²) in [4.78, 5) is 26.9. The first kappa shape index (κ1) is 15.1. The summed E-state index contributed by atoms with van der Waals surface area (Å²) < 4.78 is 25.9. The van der Waals surface area contributed by atoms with Crippen molar-refractivity contribution in [2.45, 2.75) is 11.1 Å². The van der Waals surface area contributed by atoms with Gasteiger partial charge in [0.15, 0.2) is 0 Å². The Morgan fingerprint density at radius 3 is 2.57 bits per heavy atom. The summed E-state index contributed by atoms with van der Waals surface area (Å²) >= 11 is 0.692. The van der Waals surface area contributed by atoms with Crippen LogP contribution in [0.2, 0.25) is 0 Å². The van der Waals surface area contributed by atoms with Gasteiger partial charge in [0.25, 0.3) is 21.8 Å². The lowest BCUT2D eigenvalue weighted by Gasteiger charge is -2.06. The number of hydrogen-bond donors (Lipinski definition) is 2. The second kappa shape index (κ2) is 5.62. The van der Waals surface area contributed by atoms with Crippen LogP contribution in [0.1, 0.15) is 25.7 Å². The largest absolute Gasteiger partial charge is 0.365 e. The van der Waals surface area contributed by atoms with Gasteiger partial charge in [0.05, 0.1) is 4.88 Å². The molecule has 2 aromatic heterocycles. The van der Waals surface area contributed by atoms with E-state index < -0.39 is 21.8 Å². The molecule has 2 heterocycles. The van der Waals surface area contributed by atoms with E-state index in [1.807, 2.05) is 4.72 Å². The number of nitrogens with zero attached hydrogens (tertiary/aromatic N) is 1. The van der Waals surface area contributed by atoms with Gasteiger partial charge in [-0.2, -0.15) is 0 Å². The molecule has 110 valence electrons. The van der Waals surface area contributed by atoms with Crippen molar-refractivity contribution in [1.82, 2.24) is 9.71 Å². The molecule has 3 N–H and O–H groups in total. The Labute approximate surface area is 124 Å². The van der Waals surface area contributed by atoms with Crippen LogP contribution in [-0.4, -0.2) is 25.2 Å². The van der Waals surface area contributed by atoms with Gasteiger partial charge in [0, 0.05) is 6.20 Å². The Balaban J connectivity index is 2.27. The highest BCUT2D eigenvalue weighted by molar-refractivity contribution is 7.92. The number of amides is 2. The minimum absolute atomic E-state index is 0.0211. The van der Waals surface area contributed by atoms with Crippen molar-refractivity contribution in [3.63, 3.8) is 0 Å². The summed E-state index contributed by atoms with van der Waals surface area (Å²) in [6, 6.07) is 5.79. The van der Waals surface area contributed by atoms with Gasteiger partial charge in [-0.05, 0) is 30.7 Å². The molecule has 0 bridgehead atoms. The van der Waals surface area contributed by atoms with Crippen molar-refractivity contribution in [1.29, 1.82) is 0 Å². The Kier molecular flexibility index (Phi) is 4.05. The second-order valence-corrected chi connectivity index (χ2v) is 7.08. The summed E-state index contributed by atoms with van der Waals surface area (Å²) in [5, 5.41) is 0. The first-order chi connectivity index (χ1) is 9.81. The maximum Gasteiger partial charge on any atom is 0.283 e. The number of primary amides is 1. The predicted molar refractivity (Wildman–Crippen MR) is 76.5 cm³/mol. The molecule has 0 saturated carbocycles. The minimum Gasteiger partial charge on any atom is -0.365 e. The van der Waals surface area contributed by atoms with E-state index in [4.69, 9.17) is 5.73 Å². The monoisotopic (exact) mass is 325 g/mol. The van der Waals surface area contributed by atoms with Crippen molar-refractivity contribution < 1.29 is 18.0 Å². The molecular weight excluding hydrogens is 314 g/mol. The van der Waals surface area contributed by atoms with E-state index in [-0.39, 0.29) is 14.8 Å². The van der Waals surface area contributed by atoms with Gasteiger partial charge in [0.1, 0.15) is 9.90 Å². The molecule has 2 rings (SSSR count). The molecule has 2 aromatic rings. The maximum atomic E-state index is 12.1. The second-order valence-electron chi connectivity index (χ2n) is 4.09. The zero-order valence-electron chi connectivity index (χ0n) is 10.9. The van der Waals surface area contributed by atoms with Crippen molar-refractivity contribution >= 4 is 33.2 Å². The van der Waals surface area contributed by atoms with Crippen LogP contribution in [0, 0.1) is 6.92 Å². The lowest BCUT2D eigenvalue weighted by molar-refractivity contribution is 0.0973. The van der Waals surface area contributed by atoms with Crippen LogP contribution in [0.5, 0.6) is 0 Å². The molecule has 0 aliphatic heterocycles.